The van der Waals surface area contributed by atoms with E-state index in [1.807, 2.05) is 0 Å². The maximum Gasteiger partial charge on any atom is 0.270 e. The highest BCUT2D eigenvalue weighted by Crippen LogP contribution is 2.26. The van der Waals surface area contributed by atoms with E-state index in [4.69, 9.17) is 4.42 Å². The Morgan fingerprint density at radius 1 is 1.40 bits per heavy atom. The van der Waals surface area contributed by atoms with E-state index in [2.05, 4.69) is 4.98 Å². The fourth-order valence-corrected chi connectivity index (χ4v) is 2.56. The van der Waals surface area contributed by atoms with Crippen molar-refractivity contribution in [3.63, 3.8) is 0 Å². The van der Waals surface area contributed by atoms with Crippen LogP contribution < -0.4 is 0 Å². The molecule has 7 heteroatoms. The van der Waals surface area contributed by atoms with Crippen molar-refractivity contribution in [1.82, 2.24) is 4.98 Å². The zero-order valence-electron chi connectivity index (χ0n) is 10.3. The Bertz CT molecular complexity index is 834. The first kappa shape index (κ1) is 12.5. The molecule has 0 saturated carbocycles. The van der Waals surface area contributed by atoms with Gasteiger partial charge in [0.25, 0.3) is 11.5 Å². The lowest BCUT2D eigenvalue weighted by atomic mass is 10.2. The number of carbonyl (C=O) groups excluding carboxylic acids is 1. The van der Waals surface area contributed by atoms with Crippen LogP contribution in [0.3, 0.4) is 0 Å². The number of nitro benzene ring substituents is 1. The number of aromatic nitrogens is 1. The second kappa shape index (κ2) is 4.53. The number of nitro groups is 1. The fraction of sp³-hybridized carbons (Fsp3) is 0.0769. The highest BCUT2D eigenvalue weighted by atomic mass is 32.1. The largest absolute Gasteiger partial charge is 0.452 e. The number of aryl methyl sites for hydroxylation is 1. The van der Waals surface area contributed by atoms with E-state index in [1.54, 1.807) is 12.3 Å². The molecular formula is C13H8N2O4S. The topological polar surface area (TPSA) is 86.2 Å². The number of fused-ring (bicyclic) bond motifs is 1. The van der Waals surface area contributed by atoms with Crippen LogP contribution in [0.15, 0.2) is 34.1 Å². The number of carbonyl (C=O) groups is 1. The molecule has 0 amide bonds. The predicted molar refractivity (Wildman–Crippen MR) is 73.2 cm³/mol. The Morgan fingerprint density at radius 3 is 2.85 bits per heavy atom. The number of thiazole rings is 1. The SMILES string of the molecule is Cc1csc(C(=O)c2cc3cc([N+](=O)[O-])ccc3o2)n1. The number of rotatable bonds is 3. The molecule has 2 aromatic heterocycles. The molecule has 3 rings (SSSR count). The second-order valence-corrected chi connectivity index (χ2v) is 5.07. The molecule has 0 bridgehead atoms. The van der Waals surface area contributed by atoms with Crippen LogP contribution in [0.4, 0.5) is 5.69 Å². The molecule has 0 aliphatic carbocycles. The van der Waals surface area contributed by atoms with Crippen LogP contribution >= 0.6 is 11.3 Å². The van der Waals surface area contributed by atoms with Gasteiger partial charge < -0.3 is 4.42 Å². The molecule has 0 aliphatic rings. The molecular weight excluding hydrogens is 280 g/mol. The van der Waals surface area contributed by atoms with E-state index in [-0.39, 0.29) is 17.2 Å². The fourth-order valence-electron chi connectivity index (χ4n) is 1.82. The van der Waals surface area contributed by atoms with Crippen LogP contribution in [-0.4, -0.2) is 15.7 Å². The van der Waals surface area contributed by atoms with Crippen molar-refractivity contribution in [2.24, 2.45) is 0 Å². The third-order valence-electron chi connectivity index (χ3n) is 2.75. The van der Waals surface area contributed by atoms with Gasteiger partial charge in [-0.3, -0.25) is 14.9 Å². The average molecular weight is 288 g/mol. The lowest BCUT2D eigenvalue weighted by Crippen LogP contribution is -1.98. The molecule has 100 valence electrons. The minimum Gasteiger partial charge on any atom is -0.452 e. The van der Waals surface area contributed by atoms with Gasteiger partial charge >= 0.3 is 0 Å². The summed E-state index contributed by atoms with van der Waals surface area (Å²) < 4.78 is 5.42. The summed E-state index contributed by atoms with van der Waals surface area (Å²) in [5.41, 5.74) is 1.17. The molecule has 0 radical (unpaired) electrons. The van der Waals surface area contributed by atoms with E-state index < -0.39 is 4.92 Å². The molecule has 6 nitrogen and oxygen atoms in total. The Balaban J connectivity index is 2.04. The number of nitrogens with zero attached hydrogens (tertiary/aromatic N) is 2. The van der Waals surface area contributed by atoms with E-state index >= 15 is 0 Å². The number of benzene rings is 1. The number of hydrogen-bond acceptors (Lipinski definition) is 6. The van der Waals surface area contributed by atoms with E-state index in [9.17, 15) is 14.9 Å². The minimum atomic E-state index is -0.488. The van der Waals surface area contributed by atoms with Crippen molar-refractivity contribution in [3.05, 3.63) is 56.2 Å². The van der Waals surface area contributed by atoms with Crippen LogP contribution in [0.1, 0.15) is 21.3 Å². The first-order valence-corrected chi connectivity index (χ1v) is 6.57. The van der Waals surface area contributed by atoms with E-state index in [0.717, 1.165) is 5.69 Å². The third-order valence-corrected chi connectivity index (χ3v) is 3.71. The molecule has 0 saturated heterocycles. The van der Waals surface area contributed by atoms with Gasteiger partial charge in [0.2, 0.25) is 0 Å². The Hall–Kier alpha value is -2.54. The van der Waals surface area contributed by atoms with Gasteiger partial charge in [-0.15, -0.1) is 11.3 Å². The van der Waals surface area contributed by atoms with E-state index in [0.29, 0.717) is 16.0 Å². The number of furan rings is 1. The molecule has 0 spiro atoms. The lowest BCUT2D eigenvalue weighted by Gasteiger charge is -1.90. The average Bonchev–Trinajstić information content (AvgIpc) is 3.02. The van der Waals surface area contributed by atoms with E-state index in [1.165, 1.54) is 35.6 Å². The van der Waals surface area contributed by atoms with Crippen LogP contribution in [0.5, 0.6) is 0 Å². The summed E-state index contributed by atoms with van der Waals surface area (Å²) in [5, 5.41) is 13.4. The summed E-state index contributed by atoms with van der Waals surface area (Å²) in [6.45, 7) is 1.80. The molecule has 0 fully saturated rings. The van der Waals surface area contributed by atoms with Gasteiger partial charge in [-0.1, -0.05) is 0 Å². The first-order valence-electron chi connectivity index (χ1n) is 5.69. The minimum absolute atomic E-state index is 0.0395. The zero-order chi connectivity index (χ0) is 14.3. The molecule has 0 unspecified atom stereocenters. The van der Waals surface area contributed by atoms with Gasteiger partial charge in [0.1, 0.15) is 5.58 Å². The van der Waals surface area contributed by atoms with Gasteiger partial charge in [-0.25, -0.2) is 4.98 Å². The lowest BCUT2D eigenvalue weighted by molar-refractivity contribution is -0.384. The van der Waals surface area contributed by atoms with Crippen molar-refractivity contribution in [2.75, 3.05) is 0 Å². The van der Waals surface area contributed by atoms with Crippen molar-refractivity contribution >= 4 is 33.8 Å². The summed E-state index contributed by atoms with van der Waals surface area (Å²) >= 11 is 1.24. The van der Waals surface area contributed by atoms with Crippen LogP contribution in [-0.2, 0) is 0 Å². The predicted octanol–water partition coefficient (Wildman–Crippen LogP) is 3.34. The zero-order valence-corrected chi connectivity index (χ0v) is 11.1. The summed E-state index contributed by atoms with van der Waals surface area (Å²) in [6, 6.07) is 5.70. The molecule has 3 aromatic rings. The summed E-state index contributed by atoms with van der Waals surface area (Å²) in [7, 11) is 0. The van der Waals surface area contributed by atoms with Crippen molar-refractivity contribution in [2.45, 2.75) is 6.92 Å². The highest BCUT2D eigenvalue weighted by Gasteiger charge is 2.18. The molecule has 2 heterocycles. The monoisotopic (exact) mass is 288 g/mol. The normalized spacial score (nSPS) is 10.8. The van der Waals surface area contributed by atoms with Crippen LogP contribution in [0.2, 0.25) is 0 Å². The number of ketones is 1. The van der Waals surface area contributed by atoms with Gasteiger partial charge in [-0.2, -0.15) is 0 Å². The van der Waals surface area contributed by atoms with Crippen molar-refractivity contribution in [3.8, 4) is 0 Å². The highest BCUT2D eigenvalue weighted by molar-refractivity contribution is 7.11. The number of hydrogen-bond donors (Lipinski definition) is 0. The van der Waals surface area contributed by atoms with Gasteiger partial charge in [0.15, 0.2) is 10.8 Å². The van der Waals surface area contributed by atoms with Crippen molar-refractivity contribution < 1.29 is 14.1 Å². The Kier molecular flexibility index (Phi) is 2.83. The second-order valence-electron chi connectivity index (χ2n) is 4.21. The van der Waals surface area contributed by atoms with Gasteiger partial charge in [0, 0.05) is 28.6 Å². The number of non-ortho nitro benzene ring substituents is 1. The van der Waals surface area contributed by atoms with Gasteiger partial charge in [-0.05, 0) is 19.1 Å². The Labute approximate surface area is 116 Å². The van der Waals surface area contributed by atoms with Crippen molar-refractivity contribution in [1.29, 1.82) is 0 Å². The third kappa shape index (κ3) is 2.08. The maximum absolute atomic E-state index is 12.2. The maximum atomic E-state index is 12.2. The van der Waals surface area contributed by atoms with Crippen LogP contribution in [0, 0.1) is 17.0 Å². The summed E-state index contributed by atoms with van der Waals surface area (Å²) in [6.07, 6.45) is 0. The molecule has 0 aliphatic heterocycles. The standard InChI is InChI=1S/C13H8N2O4S/c1-7-6-20-13(14-7)12(16)11-5-8-4-9(15(17)18)2-3-10(8)19-11/h2-6H,1H3. The van der Waals surface area contributed by atoms with Gasteiger partial charge in [0.05, 0.1) is 4.92 Å². The Morgan fingerprint density at radius 2 is 2.20 bits per heavy atom. The summed E-state index contributed by atoms with van der Waals surface area (Å²) in [4.78, 5) is 26.5. The van der Waals surface area contributed by atoms with Crippen LogP contribution in [0.25, 0.3) is 11.0 Å². The summed E-state index contributed by atoms with van der Waals surface area (Å²) in [5.74, 6) is -0.184. The first-order chi connectivity index (χ1) is 9.54. The molecule has 20 heavy (non-hydrogen) atoms. The molecule has 0 atom stereocenters. The molecule has 1 aromatic carbocycles. The molecule has 0 N–H and O–H groups in total. The quantitative estimate of drug-likeness (QED) is 0.419. The smallest absolute Gasteiger partial charge is 0.270 e.